The third-order valence-corrected chi connectivity index (χ3v) is 6.69. The lowest BCUT2D eigenvalue weighted by Crippen LogP contribution is -2.68. The van der Waals surface area contributed by atoms with Gasteiger partial charge in [0.1, 0.15) is 0 Å². The van der Waals surface area contributed by atoms with E-state index in [-0.39, 0.29) is 29.4 Å². The second kappa shape index (κ2) is 7.81. The Morgan fingerprint density at radius 1 is 1.12 bits per heavy atom. The third kappa shape index (κ3) is 3.70. The number of guanidine groups is 1. The Hall–Kier alpha value is -0.570. The van der Waals surface area contributed by atoms with E-state index < -0.39 is 0 Å². The normalized spacial score (nSPS) is 33.7. The van der Waals surface area contributed by atoms with Crippen molar-refractivity contribution in [1.29, 1.82) is 0 Å². The Morgan fingerprint density at radius 3 is 2.42 bits per heavy atom. The van der Waals surface area contributed by atoms with Gasteiger partial charge in [-0.2, -0.15) is 0 Å². The van der Waals surface area contributed by atoms with E-state index in [1.54, 1.807) is 0 Å². The van der Waals surface area contributed by atoms with E-state index in [0.29, 0.717) is 35.9 Å². The highest BCUT2D eigenvalue weighted by Gasteiger charge is 2.59. The molecule has 6 nitrogen and oxygen atoms in total. The first-order chi connectivity index (χ1) is 12.0. The van der Waals surface area contributed by atoms with Crippen molar-refractivity contribution in [1.82, 2.24) is 15.5 Å². The van der Waals surface area contributed by atoms with Crippen LogP contribution in [0, 0.1) is 17.3 Å². The van der Waals surface area contributed by atoms with Crippen molar-refractivity contribution in [3.8, 4) is 0 Å². The maximum absolute atomic E-state index is 12.2. The van der Waals surface area contributed by atoms with Crippen LogP contribution in [0.2, 0.25) is 0 Å². The number of likely N-dealkylation sites (tertiary alicyclic amines) is 1. The van der Waals surface area contributed by atoms with E-state index in [2.05, 4.69) is 34.4 Å². The summed E-state index contributed by atoms with van der Waals surface area (Å²) in [6, 6.07) is 0.816. The fraction of sp³-hybridized carbons (Fsp3) is 0.895. The molecule has 148 valence electrons. The summed E-state index contributed by atoms with van der Waals surface area (Å²) >= 11 is 0. The van der Waals surface area contributed by atoms with E-state index in [0.717, 1.165) is 57.8 Å². The molecule has 7 heteroatoms. The summed E-state index contributed by atoms with van der Waals surface area (Å²) in [5.74, 6) is 2.22. The molecule has 4 aliphatic rings. The molecule has 2 aliphatic heterocycles. The molecule has 2 heterocycles. The van der Waals surface area contributed by atoms with Crippen molar-refractivity contribution in [3.63, 3.8) is 0 Å². The van der Waals surface area contributed by atoms with Gasteiger partial charge < -0.3 is 20.3 Å². The molecule has 2 saturated heterocycles. The molecule has 0 spiro atoms. The number of rotatable bonds is 3. The van der Waals surface area contributed by atoms with Gasteiger partial charge in [0.15, 0.2) is 5.96 Å². The summed E-state index contributed by atoms with van der Waals surface area (Å²) in [6.45, 7) is 7.20. The first kappa shape index (κ1) is 20.2. The molecular weight excluding hydrogens is 443 g/mol. The first-order valence-corrected chi connectivity index (χ1v) is 9.91. The molecule has 0 bridgehead atoms. The molecule has 2 N–H and O–H groups in total. The highest BCUT2D eigenvalue weighted by atomic mass is 127. The number of fused-ring (bicyclic) bond motifs is 1. The van der Waals surface area contributed by atoms with Crippen LogP contribution in [0.1, 0.15) is 46.0 Å². The van der Waals surface area contributed by atoms with E-state index in [1.165, 1.54) is 0 Å². The van der Waals surface area contributed by atoms with Crippen LogP contribution in [-0.4, -0.2) is 61.7 Å². The van der Waals surface area contributed by atoms with Gasteiger partial charge in [0.25, 0.3) is 0 Å². The zero-order valence-electron chi connectivity index (χ0n) is 16.2. The summed E-state index contributed by atoms with van der Waals surface area (Å²) in [7, 11) is 1.84. The van der Waals surface area contributed by atoms with Crippen LogP contribution in [0.25, 0.3) is 0 Å². The molecule has 26 heavy (non-hydrogen) atoms. The topological polar surface area (TPSA) is 66.0 Å². The number of hydrogen-bond acceptors (Lipinski definition) is 3. The molecule has 0 aromatic rings. The van der Waals surface area contributed by atoms with Gasteiger partial charge in [-0.05, 0) is 32.1 Å². The highest BCUT2D eigenvalue weighted by Crippen LogP contribution is 2.52. The number of hydrogen-bond donors (Lipinski definition) is 2. The Balaban J connectivity index is 0.00000196. The van der Waals surface area contributed by atoms with Crippen LogP contribution < -0.4 is 10.6 Å². The molecular formula is C19H33IN4O2. The molecule has 3 unspecified atom stereocenters. The number of piperidine rings is 1. The maximum atomic E-state index is 12.2. The van der Waals surface area contributed by atoms with Gasteiger partial charge in [0.05, 0.1) is 6.10 Å². The molecule has 2 aliphatic carbocycles. The first-order valence-electron chi connectivity index (χ1n) is 9.91. The second-order valence-corrected chi connectivity index (χ2v) is 8.78. The van der Waals surface area contributed by atoms with Crippen LogP contribution in [-0.2, 0) is 9.53 Å². The number of nitrogens with one attached hydrogen (secondary N) is 2. The summed E-state index contributed by atoms with van der Waals surface area (Å²) < 4.78 is 5.88. The minimum atomic E-state index is 0. The molecule has 4 fully saturated rings. The zero-order chi connectivity index (χ0) is 17.6. The third-order valence-electron chi connectivity index (χ3n) is 6.69. The minimum Gasteiger partial charge on any atom is -0.377 e. The number of carbonyl (C=O) groups is 1. The monoisotopic (exact) mass is 476 g/mol. The average Bonchev–Trinajstić information content (AvgIpc) is 3.36. The lowest BCUT2D eigenvalue weighted by molar-refractivity contribution is -0.133. The van der Waals surface area contributed by atoms with E-state index >= 15 is 0 Å². The molecule has 1 amide bonds. The lowest BCUT2D eigenvalue weighted by atomic mass is 9.57. The molecule has 0 radical (unpaired) electrons. The van der Waals surface area contributed by atoms with Gasteiger partial charge in [0.2, 0.25) is 5.91 Å². The number of aliphatic imine (C=N–C) groups is 1. The number of ether oxygens (including phenoxy) is 1. The quantitative estimate of drug-likeness (QED) is 0.372. The Kier molecular flexibility index (Phi) is 6.06. The van der Waals surface area contributed by atoms with Crippen molar-refractivity contribution >= 4 is 35.8 Å². The van der Waals surface area contributed by atoms with Crippen molar-refractivity contribution < 1.29 is 9.53 Å². The summed E-state index contributed by atoms with van der Waals surface area (Å²) in [5.41, 5.74) is 0.152. The molecule has 0 aromatic carbocycles. The molecule has 3 atom stereocenters. The van der Waals surface area contributed by atoms with Crippen LogP contribution in [0.15, 0.2) is 4.99 Å². The van der Waals surface area contributed by atoms with Crippen molar-refractivity contribution in [2.24, 2.45) is 22.2 Å². The van der Waals surface area contributed by atoms with E-state index in [9.17, 15) is 4.79 Å². The zero-order valence-corrected chi connectivity index (χ0v) is 18.5. The Labute approximate surface area is 173 Å². The molecule has 4 rings (SSSR count). The predicted molar refractivity (Wildman–Crippen MR) is 113 cm³/mol. The fourth-order valence-corrected chi connectivity index (χ4v) is 4.96. The minimum absolute atomic E-state index is 0. The average molecular weight is 476 g/mol. The van der Waals surface area contributed by atoms with Gasteiger partial charge in [-0.1, -0.05) is 13.8 Å². The fourth-order valence-electron chi connectivity index (χ4n) is 4.96. The highest BCUT2D eigenvalue weighted by molar-refractivity contribution is 14.0. The van der Waals surface area contributed by atoms with Crippen molar-refractivity contribution in [3.05, 3.63) is 0 Å². The summed E-state index contributed by atoms with van der Waals surface area (Å²) in [4.78, 5) is 18.7. The number of nitrogens with zero attached hydrogens (tertiary/aromatic N) is 2. The predicted octanol–water partition coefficient (Wildman–Crippen LogP) is 1.98. The number of carbonyl (C=O) groups excluding carboxylic acids is 1. The van der Waals surface area contributed by atoms with Crippen LogP contribution in [0.4, 0.5) is 0 Å². The van der Waals surface area contributed by atoms with Crippen LogP contribution in [0.3, 0.4) is 0 Å². The molecule has 0 aromatic heterocycles. The number of amides is 1. The number of halogens is 1. The largest absolute Gasteiger partial charge is 0.377 e. The lowest BCUT2D eigenvalue weighted by Gasteiger charge is -2.55. The summed E-state index contributed by atoms with van der Waals surface area (Å²) in [6.07, 6.45) is 5.72. The van der Waals surface area contributed by atoms with Gasteiger partial charge >= 0.3 is 0 Å². The summed E-state index contributed by atoms with van der Waals surface area (Å²) in [5, 5.41) is 7.24. The van der Waals surface area contributed by atoms with Crippen LogP contribution in [0.5, 0.6) is 0 Å². The van der Waals surface area contributed by atoms with Gasteiger partial charge in [-0.15, -0.1) is 24.0 Å². The second-order valence-electron chi connectivity index (χ2n) is 8.78. The SMILES string of the molecule is CN=C(NC1CCN(C(=O)C2CC2)CC1)NC1C2CCOC2C1(C)C.I. The van der Waals surface area contributed by atoms with Crippen molar-refractivity contribution in [2.45, 2.75) is 64.1 Å². The maximum Gasteiger partial charge on any atom is 0.225 e. The van der Waals surface area contributed by atoms with Crippen LogP contribution >= 0.6 is 24.0 Å². The molecule has 2 saturated carbocycles. The van der Waals surface area contributed by atoms with Gasteiger partial charge in [-0.3, -0.25) is 9.79 Å². The Bertz CT molecular complexity index is 556. The van der Waals surface area contributed by atoms with Gasteiger partial charge in [-0.25, -0.2) is 0 Å². The van der Waals surface area contributed by atoms with E-state index in [4.69, 9.17) is 4.74 Å². The smallest absolute Gasteiger partial charge is 0.225 e. The van der Waals surface area contributed by atoms with E-state index in [1.807, 2.05) is 7.05 Å². The standard InChI is InChI=1S/C19H32N4O2.HI/c1-19(2)15(14-8-11-25-16(14)19)22-18(20-3)21-13-6-9-23(10-7-13)17(24)12-4-5-12;/h12-16H,4-11H2,1-3H3,(H2,20,21,22);1H. The van der Waals surface area contributed by atoms with Crippen molar-refractivity contribution in [2.75, 3.05) is 26.7 Å². The van der Waals surface area contributed by atoms with Gasteiger partial charge in [0, 0.05) is 56.1 Å². The Morgan fingerprint density at radius 2 is 1.81 bits per heavy atom.